The molecule has 3 nitrogen and oxygen atoms in total. The summed E-state index contributed by atoms with van der Waals surface area (Å²) in [6.07, 6.45) is 0.271. The molecule has 0 saturated heterocycles. The summed E-state index contributed by atoms with van der Waals surface area (Å²) in [7, 11) is 0. The molecule has 0 aromatic carbocycles. The van der Waals surface area contributed by atoms with Crippen molar-refractivity contribution in [1.29, 1.82) is 0 Å². The molecule has 0 spiro atoms. The second-order valence-corrected chi connectivity index (χ2v) is 3.65. The molecule has 72 valence electrons. The summed E-state index contributed by atoms with van der Waals surface area (Å²) in [4.78, 5) is 11.1. The minimum Gasteiger partial charge on any atom is -0.463 e. The minimum atomic E-state index is -0.203. The molecule has 12 heavy (non-hydrogen) atoms. The van der Waals surface area contributed by atoms with Gasteiger partial charge in [-0.2, -0.15) is 0 Å². The number of esters is 1. The Labute approximate surface area is 74.3 Å². The van der Waals surface area contributed by atoms with Crippen LogP contribution in [-0.2, 0) is 9.53 Å². The fourth-order valence-corrected chi connectivity index (χ4v) is 0.739. The molecule has 0 amide bonds. The van der Waals surface area contributed by atoms with Gasteiger partial charge in [0.25, 0.3) is 0 Å². The second kappa shape index (κ2) is 5.14. The highest BCUT2D eigenvalue weighted by molar-refractivity contribution is 5.70. The average molecular weight is 173 g/mol. The van der Waals surface area contributed by atoms with Gasteiger partial charge in [0.2, 0.25) is 0 Å². The Kier molecular flexibility index (Phi) is 4.90. The van der Waals surface area contributed by atoms with Crippen LogP contribution >= 0.6 is 0 Å². The van der Waals surface area contributed by atoms with Gasteiger partial charge in [-0.25, -0.2) is 0 Å². The summed E-state index contributed by atoms with van der Waals surface area (Å²) in [5.41, 5.74) is 5.69. The Morgan fingerprint density at radius 2 is 1.83 bits per heavy atom. The van der Waals surface area contributed by atoms with E-state index in [1.165, 1.54) is 0 Å². The maximum absolute atomic E-state index is 11.1. The number of carbonyl (C=O) groups is 1. The van der Waals surface area contributed by atoms with Crippen molar-refractivity contribution >= 4 is 5.97 Å². The largest absolute Gasteiger partial charge is 0.463 e. The highest BCUT2D eigenvalue weighted by Gasteiger charge is 2.14. The zero-order valence-electron chi connectivity index (χ0n) is 8.33. The lowest BCUT2D eigenvalue weighted by Crippen LogP contribution is -2.30. The van der Waals surface area contributed by atoms with E-state index >= 15 is 0 Å². The van der Waals surface area contributed by atoms with Gasteiger partial charge < -0.3 is 10.5 Å². The van der Waals surface area contributed by atoms with Crippen LogP contribution in [0.5, 0.6) is 0 Å². The van der Waals surface area contributed by atoms with Crippen LogP contribution in [-0.4, -0.2) is 18.1 Å². The molecular weight excluding hydrogens is 154 g/mol. The van der Waals surface area contributed by atoms with Gasteiger partial charge in [-0.15, -0.1) is 0 Å². The molecule has 2 N–H and O–H groups in total. The van der Waals surface area contributed by atoms with Crippen LogP contribution in [0.2, 0.25) is 0 Å². The normalized spacial score (nSPS) is 13.6. The van der Waals surface area contributed by atoms with Crippen LogP contribution < -0.4 is 5.73 Å². The fourth-order valence-electron chi connectivity index (χ4n) is 0.739. The predicted octanol–water partition coefficient (Wildman–Crippen LogP) is 1.31. The van der Waals surface area contributed by atoms with E-state index in [0.717, 1.165) is 0 Å². The number of hydrogen-bond donors (Lipinski definition) is 1. The second-order valence-electron chi connectivity index (χ2n) is 3.65. The number of carbonyl (C=O) groups excluding carboxylic acids is 1. The maximum atomic E-state index is 11.1. The maximum Gasteiger partial charge on any atom is 0.307 e. The molecule has 0 saturated carbocycles. The molecule has 0 radical (unpaired) electrons. The van der Waals surface area contributed by atoms with Crippen molar-refractivity contribution in [2.24, 2.45) is 11.7 Å². The third-order valence-corrected chi connectivity index (χ3v) is 1.63. The van der Waals surface area contributed by atoms with E-state index in [4.69, 9.17) is 10.5 Å². The van der Waals surface area contributed by atoms with E-state index < -0.39 is 0 Å². The minimum absolute atomic E-state index is 0.0446. The molecule has 1 atom stereocenters. The molecule has 3 heteroatoms. The summed E-state index contributed by atoms with van der Waals surface area (Å²) in [6.45, 7) is 7.65. The smallest absolute Gasteiger partial charge is 0.307 e. The van der Waals surface area contributed by atoms with Crippen LogP contribution in [0.25, 0.3) is 0 Å². The molecule has 0 fully saturated rings. The Balaban J connectivity index is 3.69. The van der Waals surface area contributed by atoms with E-state index in [1.807, 2.05) is 27.7 Å². The molecule has 0 aliphatic carbocycles. The monoisotopic (exact) mass is 173 g/mol. The number of rotatable bonds is 4. The lowest BCUT2D eigenvalue weighted by atomic mass is 10.0. The molecule has 0 rings (SSSR count). The van der Waals surface area contributed by atoms with Crippen LogP contribution in [0, 0.1) is 5.92 Å². The van der Waals surface area contributed by atoms with Gasteiger partial charge in [0, 0.05) is 6.04 Å². The Morgan fingerprint density at radius 1 is 1.33 bits per heavy atom. The Morgan fingerprint density at radius 3 is 2.17 bits per heavy atom. The van der Waals surface area contributed by atoms with Gasteiger partial charge in [-0.3, -0.25) is 4.79 Å². The summed E-state index contributed by atoms with van der Waals surface area (Å²) in [6, 6.07) is -0.0868. The molecule has 0 heterocycles. The summed E-state index contributed by atoms with van der Waals surface area (Å²) in [5, 5.41) is 0. The third-order valence-electron chi connectivity index (χ3n) is 1.63. The molecule has 0 unspecified atom stereocenters. The van der Waals surface area contributed by atoms with E-state index in [-0.39, 0.29) is 18.1 Å². The van der Waals surface area contributed by atoms with Gasteiger partial charge in [0.1, 0.15) is 0 Å². The highest BCUT2D eigenvalue weighted by atomic mass is 16.5. The van der Waals surface area contributed by atoms with Crippen molar-refractivity contribution in [2.75, 3.05) is 0 Å². The van der Waals surface area contributed by atoms with E-state index in [9.17, 15) is 4.79 Å². The van der Waals surface area contributed by atoms with Crippen molar-refractivity contribution in [3.8, 4) is 0 Å². The van der Waals surface area contributed by atoms with Crippen LogP contribution in [0.1, 0.15) is 34.1 Å². The molecule has 0 aliphatic heterocycles. The quantitative estimate of drug-likeness (QED) is 0.652. The highest BCUT2D eigenvalue weighted by Crippen LogP contribution is 2.04. The van der Waals surface area contributed by atoms with Crippen molar-refractivity contribution in [1.82, 2.24) is 0 Å². The summed E-state index contributed by atoms with van der Waals surface area (Å²) in [5.74, 6) is 0.121. The van der Waals surface area contributed by atoms with Crippen LogP contribution in [0.15, 0.2) is 0 Å². The van der Waals surface area contributed by atoms with Crippen molar-refractivity contribution in [3.05, 3.63) is 0 Å². The first kappa shape index (κ1) is 11.4. The molecule has 0 bridgehead atoms. The average Bonchev–Trinajstić information content (AvgIpc) is 1.84. The molecule has 0 aromatic heterocycles. The summed E-state index contributed by atoms with van der Waals surface area (Å²) < 4.78 is 4.95. The third kappa shape index (κ3) is 5.13. The molecule has 0 aromatic rings. The van der Waals surface area contributed by atoms with Crippen molar-refractivity contribution in [3.63, 3.8) is 0 Å². The van der Waals surface area contributed by atoms with E-state index in [1.54, 1.807) is 0 Å². The summed E-state index contributed by atoms with van der Waals surface area (Å²) >= 11 is 0. The topological polar surface area (TPSA) is 52.3 Å². The van der Waals surface area contributed by atoms with E-state index in [2.05, 4.69) is 0 Å². The predicted molar refractivity (Wildman–Crippen MR) is 48.7 cm³/mol. The number of ether oxygens (including phenoxy) is 1. The van der Waals surface area contributed by atoms with Crippen LogP contribution in [0.3, 0.4) is 0 Å². The van der Waals surface area contributed by atoms with Gasteiger partial charge in [0.15, 0.2) is 0 Å². The zero-order valence-corrected chi connectivity index (χ0v) is 8.33. The van der Waals surface area contributed by atoms with Crippen molar-refractivity contribution in [2.45, 2.75) is 46.3 Å². The van der Waals surface area contributed by atoms with Crippen molar-refractivity contribution < 1.29 is 9.53 Å². The number of hydrogen-bond acceptors (Lipinski definition) is 3. The first-order valence-electron chi connectivity index (χ1n) is 4.38. The van der Waals surface area contributed by atoms with Gasteiger partial charge in [0.05, 0.1) is 12.5 Å². The lowest BCUT2D eigenvalue weighted by molar-refractivity contribution is -0.148. The van der Waals surface area contributed by atoms with Gasteiger partial charge in [-0.05, 0) is 19.8 Å². The fraction of sp³-hybridized carbons (Fsp3) is 0.889. The SMILES string of the molecule is CC(C)OC(=O)C[C@@H](N)C(C)C. The van der Waals surface area contributed by atoms with Crippen LogP contribution in [0.4, 0.5) is 0 Å². The van der Waals surface area contributed by atoms with Gasteiger partial charge >= 0.3 is 5.97 Å². The molecule has 0 aliphatic rings. The van der Waals surface area contributed by atoms with Gasteiger partial charge in [-0.1, -0.05) is 13.8 Å². The van der Waals surface area contributed by atoms with E-state index in [0.29, 0.717) is 12.3 Å². The number of nitrogens with two attached hydrogens (primary N) is 1. The first-order chi connectivity index (χ1) is 5.43. The lowest BCUT2D eigenvalue weighted by Gasteiger charge is -2.15. The Bertz CT molecular complexity index is 143. The molecular formula is C9H19NO2. The standard InChI is InChI=1S/C9H19NO2/c1-6(2)8(10)5-9(11)12-7(3)4/h6-8H,5,10H2,1-4H3/t8-/m1/s1. The Hall–Kier alpha value is -0.570. The first-order valence-corrected chi connectivity index (χ1v) is 4.38. The zero-order chi connectivity index (χ0) is 9.72.